The van der Waals surface area contributed by atoms with E-state index in [2.05, 4.69) is 10.3 Å². The number of benzene rings is 1. The molecule has 2 amide bonds. The van der Waals surface area contributed by atoms with Crippen LogP contribution in [0.3, 0.4) is 0 Å². The topological polar surface area (TPSA) is 107 Å². The lowest BCUT2D eigenvalue weighted by Gasteiger charge is -2.35. The summed E-state index contributed by atoms with van der Waals surface area (Å²) in [5.74, 6) is -0.615. The first-order chi connectivity index (χ1) is 16.1. The maximum atomic E-state index is 13.5. The minimum atomic E-state index is -0.784. The minimum Gasteiger partial charge on any atom is -0.465 e. The molecule has 0 fully saturated rings. The summed E-state index contributed by atoms with van der Waals surface area (Å²) in [6.45, 7) is 10.3. The Morgan fingerprint density at radius 3 is 2.40 bits per heavy atom. The highest BCUT2D eigenvalue weighted by atomic mass is 19.1. The van der Waals surface area contributed by atoms with Gasteiger partial charge in [0, 0.05) is 31.0 Å². The number of anilines is 1. The van der Waals surface area contributed by atoms with Gasteiger partial charge in [0.25, 0.3) is 0 Å². The third kappa shape index (κ3) is 9.38. The Labute approximate surface area is 204 Å². The number of hydrogen-bond donors (Lipinski definition) is 1. The summed E-state index contributed by atoms with van der Waals surface area (Å²) in [5.41, 5.74) is -1.22. The monoisotopic (exact) mass is 491 g/mol. The first-order valence-corrected chi connectivity index (χ1v) is 11.2. The smallest absolute Gasteiger partial charge is 0.412 e. The van der Waals surface area contributed by atoms with Gasteiger partial charge in [-0.1, -0.05) is 13.8 Å². The van der Waals surface area contributed by atoms with Crippen molar-refractivity contribution in [3.63, 3.8) is 0 Å². The molecular formula is C25H34FN3O6. The van der Waals surface area contributed by atoms with Crippen LogP contribution in [0.25, 0.3) is 10.8 Å². The number of fused-ring (bicyclic) bond motifs is 1. The summed E-state index contributed by atoms with van der Waals surface area (Å²) in [6.07, 6.45) is 0.513. The van der Waals surface area contributed by atoms with E-state index in [1.807, 2.05) is 13.8 Å². The van der Waals surface area contributed by atoms with Crippen LogP contribution in [0.4, 0.5) is 19.8 Å². The molecule has 192 valence electrons. The van der Waals surface area contributed by atoms with Crippen LogP contribution in [-0.2, 0) is 19.0 Å². The normalized spacial score (nSPS) is 12.6. The van der Waals surface area contributed by atoms with Gasteiger partial charge in [0.2, 0.25) is 0 Å². The second kappa shape index (κ2) is 11.3. The van der Waals surface area contributed by atoms with Crippen LogP contribution in [0.5, 0.6) is 0 Å². The number of pyridine rings is 1. The van der Waals surface area contributed by atoms with Gasteiger partial charge in [-0.05, 0) is 56.8 Å². The SMILES string of the molecule is CC(=O)OCC(C)(C)CC(COC(=O)Nc1cc2cc(F)ccc2cn1)N(C)C(=O)OC(C)(C)C. The molecule has 2 rings (SSSR count). The summed E-state index contributed by atoms with van der Waals surface area (Å²) >= 11 is 0. The van der Waals surface area contributed by atoms with E-state index in [9.17, 15) is 18.8 Å². The Hall–Kier alpha value is -3.43. The Bertz CT molecular complexity index is 1070. The fourth-order valence-corrected chi connectivity index (χ4v) is 3.28. The van der Waals surface area contributed by atoms with Gasteiger partial charge >= 0.3 is 18.2 Å². The third-order valence-corrected chi connectivity index (χ3v) is 5.00. The largest absolute Gasteiger partial charge is 0.465 e. The molecule has 1 aromatic carbocycles. The van der Waals surface area contributed by atoms with E-state index in [4.69, 9.17) is 14.2 Å². The maximum absolute atomic E-state index is 13.5. The molecule has 0 aliphatic carbocycles. The van der Waals surface area contributed by atoms with Gasteiger partial charge in [0.15, 0.2) is 0 Å². The zero-order chi connectivity index (χ0) is 26.4. The number of carbonyl (C=O) groups excluding carboxylic acids is 3. The lowest BCUT2D eigenvalue weighted by atomic mass is 9.86. The molecule has 1 atom stereocenters. The second-order valence-corrected chi connectivity index (χ2v) is 10.2. The predicted molar refractivity (Wildman–Crippen MR) is 129 cm³/mol. The fourth-order valence-electron chi connectivity index (χ4n) is 3.28. The van der Waals surface area contributed by atoms with Crippen molar-refractivity contribution in [3.8, 4) is 0 Å². The molecule has 35 heavy (non-hydrogen) atoms. The molecule has 1 heterocycles. The van der Waals surface area contributed by atoms with Crippen LogP contribution >= 0.6 is 0 Å². The average molecular weight is 492 g/mol. The zero-order valence-electron chi connectivity index (χ0n) is 21.3. The van der Waals surface area contributed by atoms with Gasteiger partial charge in [0.1, 0.15) is 23.8 Å². The molecular weight excluding hydrogens is 457 g/mol. The lowest BCUT2D eigenvalue weighted by Crippen LogP contribution is -2.46. The van der Waals surface area contributed by atoms with E-state index in [1.54, 1.807) is 33.9 Å². The Balaban J connectivity index is 2.10. The van der Waals surface area contributed by atoms with E-state index in [0.29, 0.717) is 11.8 Å². The lowest BCUT2D eigenvalue weighted by molar-refractivity contribution is -0.144. The van der Waals surface area contributed by atoms with E-state index < -0.39 is 41.0 Å². The van der Waals surface area contributed by atoms with E-state index >= 15 is 0 Å². The minimum absolute atomic E-state index is 0.130. The molecule has 2 aromatic rings. The average Bonchev–Trinajstić information content (AvgIpc) is 2.73. The highest BCUT2D eigenvalue weighted by Crippen LogP contribution is 2.26. The van der Waals surface area contributed by atoms with E-state index in [-0.39, 0.29) is 19.0 Å². The molecule has 0 saturated heterocycles. The molecule has 10 heteroatoms. The number of aromatic nitrogens is 1. The number of esters is 1. The summed E-state index contributed by atoms with van der Waals surface area (Å²) in [5, 5.41) is 3.82. The quantitative estimate of drug-likeness (QED) is 0.403. The number of nitrogens with zero attached hydrogens (tertiary/aromatic N) is 2. The maximum Gasteiger partial charge on any atom is 0.412 e. The number of halogens is 1. The summed E-state index contributed by atoms with van der Waals surface area (Å²) in [6, 6.07) is 5.22. The molecule has 0 radical (unpaired) electrons. The van der Waals surface area contributed by atoms with Gasteiger partial charge in [0.05, 0.1) is 12.6 Å². The van der Waals surface area contributed by atoms with Crippen LogP contribution in [-0.4, -0.2) is 59.9 Å². The highest BCUT2D eigenvalue weighted by Gasteiger charge is 2.32. The predicted octanol–water partition coefficient (Wildman–Crippen LogP) is 5.14. The van der Waals surface area contributed by atoms with Gasteiger partial charge in [-0.15, -0.1) is 0 Å². The number of amides is 2. The van der Waals surface area contributed by atoms with Crippen molar-refractivity contribution in [2.75, 3.05) is 25.6 Å². The molecule has 1 aromatic heterocycles. The number of hydrogen-bond acceptors (Lipinski definition) is 7. The zero-order valence-corrected chi connectivity index (χ0v) is 21.3. The third-order valence-electron chi connectivity index (χ3n) is 5.00. The van der Waals surface area contributed by atoms with Crippen LogP contribution in [0.1, 0.15) is 48.0 Å². The van der Waals surface area contributed by atoms with Crippen molar-refractivity contribution in [3.05, 3.63) is 36.3 Å². The molecule has 0 aliphatic heterocycles. The van der Waals surface area contributed by atoms with Crippen LogP contribution in [0.2, 0.25) is 0 Å². The second-order valence-electron chi connectivity index (χ2n) is 10.2. The van der Waals surface area contributed by atoms with Crippen LogP contribution in [0, 0.1) is 11.2 Å². The number of rotatable bonds is 8. The number of ether oxygens (including phenoxy) is 3. The molecule has 0 saturated carbocycles. The number of likely N-dealkylation sites (N-methyl/N-ethyl adjacent to an activating group) is 1. The summed E-state index contributed by atoms with van der Waals surface area (Å²) in [4.78, 5) is 41.9. The molecule has 9 nitrogen and oxygen atoms in total. The van der Waals surface area contributed by atoms with E-state index in [1.165, 1.54) is 36.2 Å². The van der Waals surface area contributed by atoms with Gasteiger partial charge < -0.3 is 19.1 Å². The van der Waals surface area contributed by atoms with Crippen molar-refractivity contribution in [1.29, 1.82) is 0 Å². The Morgan fingerprint density at radius 1 is 1.09 bits per heavy atom. The van der Waals surface area contributed by atoms with Crippen molar-refractivity contribution >= 4 is 34.7 Å². The van der Waals surface area contributed by atoms with Crippen LogP contribution < -0.4 is 5.32 Å². The summed E-state index contributed by atoms with van der Waals surface area (Å²) in [7, 11) is 1.56. The Kier molecular flexibility index (Phi) is 9.00. The van der Waals surface area contributed by atoms with Gasteiger partial charge in [-0.3, -0.25) is 10.1 Å². The van der Waals surface area contributed by atoms with Crippen molar-refractivity contribution < 1.29 is 33.0 Å². The number of carbonyl (C=O) groups is 3. The van der Waals surface area contributed by atoms with Gasteiger partial charge in [-0.2, -0.15) is 0 Å². The Morgan fingerprint density at radius 2 is 1.77 bits per heavy atom. The first-order valence-electron chi connectivity index (χ1n) is 11.2. The van der Waals surface area contributed by atoms with Crippen molar-refractivity contribution in [1.82, 2.24) is 9.88 Å². The standard InChI is InChI=1S/C25H34FN3O6/c1-16(30)34-15-25(5,6)12-20(29(7)23(32)35-24(2,3)4)14-33-22(31)28-21-11-18-10-19(26)9-8-17(18)13-27-21/h8-11,13,20H,12,14-15H2,1-7H3,(H,27,28,31). The van der Waals surface area contributed by atoms with Crippen LogP contribution in [0.15, 0.2) is 30.5 Å². The molecule has 0 bridgehead atoms. The highest BCUT2D eigenvalue weighted by molar-refractivity contribution is 5.89. The molecule has 1 unspecified atom stereocenters. The summed E-state index contributed by atoms with van der Waals surface area (Å²) < 4.78 is 29.5. The number of nitrogens with one attached hydrogen (secondary N) is 1. The van der Waals surface area contributed by atoms with Gasteiger partial charge in [-0.25, -0.2) is 19.0 Å². The van der Waals surface area contributed by atoms with Crippen molar-refractivity contribution in [2.45, 2.75) is 59.6 Å². The van der Waals surface area contributed by atoms with E-state index in [0.717, 1.165) is 5.39 Å². The molecule has 0 spiro atoms. The molecule has 1 N–H and O–H groups in total. The molecule has 0 aliphatic rings. The fraction of sp³-hybridized carbons (Fsp3) is 0.520. The first kappa shape index (κ1) is 27.8. The van der Waals surface area contributed by atoms with Crippen molar-refractivity contribution in [2.24, 2.45) is 5.41 Å².